The molecule has 0 aromatic heterocycles. The van der Waals surface area contributed by atoms with Crippen molar-refractivity contribution in [1.82, 2.24) is 10.2 Å². The molecule has 2 unspecified atom stereocenters. The maximum Gasteiger partial charge on any atom is 0.326 e. The summed E-state index contributed by atoms with van der Waals surface area (Å²) in [4.78, 5) is 36.9. The third kappa shape index (κ3) is 4.71. The molecule has 0 saturated heterocycles. The first kappa shape index (κ1) is 18.3. The summed E-state index contributed by atoms with van der Waals surface area (Å²) < 4.78 is 0. The topological polar surface area (TPSA) is 86.7 Å². The Morgan fingerprint density at radius 2 is 1.88 bits per heavy atom. The van der Waals surface area contributed by atoms with Gasteiger partial charge in [0.15, 0.2) is 0 Å². The van der Waals surface area contributed by atoms with Crippen molar-refractivity contribution < 1.29 is 19.5 Å². The lowest BCUT2D eigenvalue weighted by Crippen LogP contribution is -2.46. The average molecular weight is 353 g/mol. The smallest absolute Gasteiger partial charge is 0.326 e. The van der Waals surface area contributed by atoms with E-state index in [9.17, 15) is 19.5 Å². The van der Waals surface area contributed by atoms with Gasteiger partial charge in [0.2, 0.25) is 11.8 Å². The minimum atomic E-state index is -1.03. The number of nitrogens with one attached hydrogen (secondary N) is 1. The number of rotatable bonds is 7. The molecule has 0 aliphatic heterocycles. The van der Waals surface area contributed by atoms with E-state index in [2.05, 4.69) is 5.32 Å². The largest absolute Gasteiger partial charge is 0.480 e. The van der Waals surface area contributed by atoms with Crippen LogP contribution in [0.15, 0.2) is 24.3 Å². The molecular formula is C17H21ClN2O4. The highest BCUT2D eigenvalue weighted by Crippen LogP contribution is 2.31. The molecule has 1 fully saturated rings. The number of carbonyl (C=O) groups is 3. The van der Waals surface area contributed by atoms with E-state index < -0.39 is 18.1 Å². The lowest BCUT2D eigenvalue weighted by molar-refractivity contribution is -0.150. The number of hydrogen-bond donors (Lipinski definition) is 2. The second kappa shape index (κ2) is 7.66. The predicted molar refractivity (Wildman–Crippen MR) is 89.6 cm³/mol. The van der Waals surface area contributed by atoms with E-state index in [4.69, 9.17) is 11.6 Å². The molecule has 7 heteroatoms. The molecule has 2 rings (SSSR count). The van der Waals surface area contributed by atoms with Crippen LogP contribution < -0.4 is 5.32 Å². The van der Waals surface area contributed by atoms with Crippen molar-refractivity contribution in [2.24, 2.45) is 0 Å². The number of nitrogens with zero attached hydrogens (tertiary/aromatic N) is 1. The first-order valence-electron chi connectivity index (χ1n) is 7.86. The number of hydrogen-bond acceptors (Lipinski definition) is 3. The molecule has 1 aliphatic carbocycles. The van der Waals surface area contributed by atoms with Gasteiger partial charge >= 0.3 is 5.97 Å². The van der Waals surface area contributed by atoms with Crippen molar-refractivity contribution in [2.45, 2.75) is 51.2 Å². The van der Waals surface area contributed by atoms with Crippen LogP contribution in [0, 0.1) is 0 Å². The first-order chi connectivity index (χ1) is 11.3. The summed E-state index contributed by atoms with van der Waals surface area (Å²) in [7, 11) is 0. The Morgan fingerprint density at radius 1 is 1.29 bits per heavy atom. The Kier molecular flexibility index (Phi) is 5.83. The Bertz CT molecular complexity index is 628. The van der Waals surface area contributed by atoms with Crippen LogP contribution in [0.2, 0.25) is 5.02 Å². The molecule has 0 heterocycles. The van der Waals surface area contributed by atoms with E-state index in [-0.39, 0.29) is 24.3 Å². The summed E-state index contributed by atoms with van der Waals surface area (Å²) in [6.07, 6.45) is 1.64. The monoisotopic (exact) mass is 352 g/mol. The fraction of sp³-hybridized carbons (Fsp3) is 0.471. The standard InChI is InChI=1S/C17H21ClN2O4/c1-10(17(23)24)20(14-7-8-14)16(22)9-15(19-11(2)21)12-3-5-13(18)6-4-12/h3-6,10,14-15H,7-9H2,1-2H3,(H,19,21)(H,23,24). The van der Waals surface area contributed by atoms with Crippen LogP contribution in [0.5, 0.6) is 0 Å². The van der Waals surface area contributed by atoms with Gasteiger partial charge in [-0.15, -0.1) is 0 Å². The fourth-order valence-corrected chi connectivity index (χ4v) is 2.81. The quantitative estimate of drug-likeness (QED) is 0.788. The van der Waals surface area contributed by atoms with Crippen molar-refractivity contribution in [2.75, 3.05) is 0 Å². The summed E-state index contributed by atoms with van der Waals surface area (Å²) in [5.41, 5.74) is 0.752. The number of carboxylic acid groups (broad SMARTS) is 1. The van der Waals surface area contributed by atoms with Crippen LogP contribution in [0.3, 0.4) is 0 Å². The van der Waals surface area contributed by atoms with Crippen LogP contribution >= 0.6 is 11.6 Å². The molecule has 24 heavy (non-hydrogen) atoms. The van der Waals surface area contributed by atoms with Crippen molar-refractivity contribution in [3.8, 4) is 0 Å². The van der Waals surface area contributed by atoms with E-state index >= 15 is 0 Å². The van der Waals surface area contributed by atoms with Crippen LogP contribution in [0.1, 0.15) is 44.7 Å². The number of amides is 2. The van der Waals surface area contributed by atoms with E-state index in [1.807, 2.05) is 0 Å². The summed E-state index contributed by atoms with van der Waals surface area (Å²) >= 11 is 5.88. The summed E-state index contributed by atoms with van der Waals surface area (Å²) in [6.45, 7) is 2.89. The van der Waals surface area contributed by atoms with Gasteiger partial charge in [0.25, 0.3) is 0 Å². The predicted octanol–water partition coefficient (Wildman–Crippen LogP) is 2.37. The SMILES string of the molecule is CC(=O)NC(CC(=O)N(C1CC1)C(C)C(=O)O)c1ccc(Cl)cc1. The van der Waals surface area contributed by atoms with Gasteiger partial charge in [-0.1, -0.05) is 23.7 Å². The van der Waals surface area contributed by atoms with Gasteiger partial charge in [0.05, 0.1) is 12.5 Å². The van der Waals surface area contributed by atoms with Gasteiger partial charge in [-0.3, -0.25) is 9.59 Å². The molecule has 2 amide bonds. The molecule has 1 aromatic rings. The number of carbonyl (C=O) groups excluding carboxylic acids is 2. The molecular weight excluding hydrogens is 332 g/mol. The summed E-state index contributed by atoms with van der Waals surface area (Å²) in [5, 5.41) is 12.5. The Morgan fingerprint density at radius 3 is 2.33 bits per heavy atom. The Hall–Kier alpha value is -2.08. The van der Waals surface area contributed by atoms with E-state index in [0.717, 1.165) is 18.4 Å². The molecule has 1 saturated carbocycles. The molecule has 1 aliphatic rings. The molecule has 130 valence electrons. The van der Waals surface area contributed by atoms with Crippen LogP contribution in [0.4, 0.5) is 0 Å². The van der Waals surface area contributed by atoms with Gasteiger partial charge in [-0.25, -0.2) is 4.79 Å². The zero-order valence-electron chi connectivity index (χ0n) is 13.7. The molecule has 0 bridgehead atoms. The van der Waals surface area contributed by atoms with Gasteiger partial charge in [0.1, 0.15) is 6.04 Å². The normalized spacial score (nSPS) is 16.1. The highest BCUT2D eigenvalue weighted by Gasteiger charge is 2.39. The third-order valence-corrected chi connectivity index (χ3v) is 4.28. The van der Waals surface area contributed by atoms with Crippen LogP contribution in [-0.2, 0) is 14.4 Å². The second-order valence-corrected chi connectivity index (χ2v) is 6.49. The second-order valence-electron chi connectivity index (χ2n) is 6.06. The molecule has 6 nitrogen and oxygen atoms in total. The van der Waals surface area contributed by atoms with E-state index in [1.165, 1.54) is 18.7 Å². The molecule has 1 aromatic carbocycles. The van der Waals surface area contributed by atoms with Gasteiger partial charge < -0.3 is 15.3 Å². The third-order valence-electron chi connectivity index (χ3n) is 4.03. The Labute approximate surface area is 145 Å². The highest BCUT2D eigenvalue weighted by atomic mass is 35.5. The maximum absolute atomic E-state index is 12.7. The maximum atomic E-state index is 12.7. The van der Waals surface area contributed by atoms with Gasteiger partial charge in [-0.05, 0) is 37.5 Å². The summed E-state index contributed by atoms with van der Waals surface area (Å²) in [6, 6.07) is 5.45. The molecule has 0 radical (unpaired) electrons. The van der Waals surface area contributed by atoms with Crippen LogP contribution in [0.25, 0.3) is 0 Å². The van der Waals surface area contributed by atoms with Gasteiger partial charge in [-0.2, -0.15) is 0 Å². The number of carboxylic acids is 1. The molecule has 2 N–H and O–H groups in total. The van der Waals surface area contributed by atoms with Crippen molar-refractivity contribution >= 4 is 29.4 Å². The zero-order valence-corrected chi connectivity index (χ0v) is 14.4. The number of aliphatic carboxylic acids is 1. The summed E-state index contributed by atoms with van der Waals surface area (Å²) in [5.74, 6) is -1.56. The lowest BCUT2D eigenvalue weighted by atomic mass is 10.0. The Balaban J connectivity index is 2.17. The molecule has 2 atom stereocenters. The van der Waals surface area contributed by atoms with Crippen molar-refractivity contribution in [3.63, 3.8) is 0 Å². The fourth-order valence-electron chi connectivity index (χ4n) is 2.68. The minimum Gasteiger partial charge on any atom is -0.480 e. The van der Waals surface area contributed by atoms with Crippen molar-refractivity contribution in [1.29, 1.82) is 0 Å². The van der Waals surface area contributed by atoms with Crippen LogP contribution in [-0.4, -0.2) is 39.9 Å². The van der Waals surface area contributed by atoms with E-state index in [0.29, 0.717) is 5.02 Å². The number of halogens is 1. The zero-order chi connectivity index (χ0) is 17.9. The lowest BCUT2D eigenvalue weighted by Gasteiger charge is -2.28. The van der Waals surface area contributed by atoms with Gasteiger partial charge in [0, 0.05) is 18.0 Å². The van der Waals surface area contributed by atoms with E-state index in [1.54, 1.807) is 24.3 Å². The minimum absolute atomic E-state index is 0.00926. The average Bonchev–Trinajstić information content (AvgIpc) is 3.31. The number of benzene rings is 1. The highest BCUT2D eigenvalue weighted by molar-refractivity contribution is 6.30. The first-order valence-corrected chi connectivity index (χ1v) is 8.24. The molecule has 0 spiro atoms. The van der Waals surface area contributed by atoms with Crippen molar-refractivity contribution in [3.05, 3.63) is 34.9 Å².